The summed E-state index contributed by atoms with van der Waals surface area (Å²) in [6.45, 7) is 0. The van der Waals surface area contributed by atoms with Gasteiger partial charge in [0.05, 0.1) is 17.0 Å². The first-order valence-electron chi connectivity index (χ1n) is 9.81. The van der Waals surface area contributed by atoms with E-state index in [0.29, 0.717) is 17.5 Å². The van der Waals surface area contributed by atoms with E-state index < -0.39 is 35.6 Å². The molecule has 4 rings (SSSR count). The van der Waals surface area contributed by atoms with Gasteiger partial charge in [0.2, 0.25) is 5.91 Å². The Morgan fingerprint density at radius 2 is 1.66 bits per heavy atom. The highest BCUT2D eigenvalue weighted by molar-refractivity contribution is 5.98. The number of esters is 1. The van der Waals surface area contributed by atoms with Gasteiger partial charge < -0.3 is 16.2 Å². The average molecular weight is 440 g/mol. The highest BCUT2D eigenvalue weighted by atomic mass is 19.4. The molecule has 1 amide bonds. The number of primary amides is 1. The summed E-state index contributed by atoms with van der Waals surface area (Å²) in [5, 5.41) is 0. The number of rotatable bonds is 4. The summed E-state index contributed by atoms with van der Waals surface area (Å²) in [7, 11) is 0. The summed E-state index contributed by atoms with van der Waals surface area (Å²) >= 11 is 0. The van der Waals surface area contributed by atoms with Crippen LogP contribution >= 0.6 is 0 Å². The molecule has 8 heteroatoms. The molecule has 164 valence electrons. The van der Waals surface area contributed by atoms with Crippen molar-refractivity contribution in [3.63, 3.8) is 0 Å². The summed E-state index contributed by atoms with van der Waals surface area (Å²) in [5.74, 6) is -1.48. The van der Waals surface area contributed by atoms with Gasteiger partial charge in [0, 0.05) is 6.04 Å². The van der Waals surface area contributed by atoms with Crippen molar-refractivity contribution in [3.05, 3.63) is 89.0 Å². The molecular weight excluding hydrogens is 421 g/mol. The Morgan fingerprint density at radius 3 is 2.31 bits per heavy atom. The van der Waals surface area contributed by atoms with E-state index in [4.69, 9.17) is 16.2 Å². The van der Waals surface area contributed by atoms with E-state index in [1.54, 1.807) is 42.5 Å². The standard InChI is InChI=1S/C24H19F3N2O3/c25-24(26,27)15-7-5-13(6-8-15)17-3-1-2-4-19(17)23(31)32-16-9-10-18-14(11-16)12-20(28)21(18)22(29)30/h1-11,20-21H,12,28H2,(H2,29,30). The monoisotopic (exact) mass is 440 g/mol. The van der Waals surface area contributed by atoms with Crippen molar-refractivity contribution in [2.45, 2.75) is 24.6 Å². The van der Waals surface area contributed by atoms with Crippen molar-refractivity contribution in [2.75, 3.05) is 0 Å². The number of halogens is 3. The molecule has 5 nitrogen and oxygen atoms in total. The van der Waals surface area contributed by atoms with E-state index in [-0.39, 0.29) is 11.3 Å². The van der Waals surface area contributed by atoms with E-state index in [9.17, 15) is 22.8 Å². The highest BCUT2D eigenvalue weighted by Crippen LogP contribution is 2.35. The third-order valence-corrected chi connectivity index (χ3v) is 5.52. The van der Waals surface area contributed by atoms with Crippen LogP contribution in [0.3, 0.4) is 0 Å². The predicted octanol–water partition coefficient (Wildman–Crippen LogP) is 4.04. The Kier molecular flexibility index (Phi) is 5.48. The number of carbonyl (C=O) groups excluding carboxylic acids is 2. The highest BCUT2D eigenvalue weighted by Gasteiger charge is 2.34. The average Bonchev–Trinajstić information content (AvgIpc) is 3.08. The van der Waals surface area contributed by atoms with Crippen LogP contribution in [0.4, 0.5) is 13.2 Å². The van der Waals surface area contributed by atoms with Crippen LogP contribution < -0.4 is 16.2 Å². The Morgan fingerprint density at radius 1 is 0.969 bits per heavy atom. The van der Waals surface area contributed by atoms with Gasteiger partial charge in [-0.3, -0.25) is 4.79 Å². The third-order valence-electron chi connectivity index (χ3n) is 5.52. The Hall–Kier alpha value is -3.65. The molecule has 0 aliphatic heterocycles. The fourth-order valence-corrected chi connectivity index (χ4v) is 4.01. The maximum Gasteiger partial charge on any atom is 0.416 e. The number of amides is 1. The second kappa shape index (κ2) is 8.12. The number of ether oxygens (including phenoxy) is 1. The molecule has 0 aromatic heterocycles. The molecule has 3 aromatic carbocycles. The molecule has 3 aromatic rings. The van der Waals surface area contributed by atoms with Crippen molar-refractivity contribution in [2.24, 2.45) is 11.5 Å². The van der Waals surface area contributed by atoms with E-state index in [0.717, 1.165) is 23.3 Å². The Balaban J connectivity index is 1.60. The molecule has 2 atom stereocenters. The number of hydrogen-bond donors (Lipinski definition) is 2. The first-order chi connectivity index (χ1) is 15.1. The normalized spacial score (nSPS) is 17.6. The number of carbonyl (C=O) groups is 2. The van der Waals surface area contributed by atoms with Crippen molar-refractivity contribution in [3.8, 4) is 16.9 Å². The first-order valence-corrected chi connectivity index (χ1v) is 9.81. The van der Waals surface area contributed by atoms with E-state index in [1.807, 2.05) is 0 Å². The molecule has 1 aliphatic rings. The molecule has 4 N–H and O–H groups in total. The molecule has 1 aliphatic carbocycles. The van der Waals surface area contributed by atoms with Crippen molar-refractivity contribution >= 4 is 11.9 Å². The Labute approximate surface area is 181 Å². The molecule has 0 bridgehead atoms. The second-order valence-electron chi connectivity index (χ2n) is 7.62. The lowest BCUT2D eigenvalue weighted by molar-refractivity contribution is -0.137. The molecule has 32 heavy (non-hydrogen) atoms. The molecule has 0 spiro atoms. The van der Waals surface area contributed by atoms with E-state index >= 15 is 0 Å². The van der Waals surface area contributed by atoms with Gasteiger partial charge in [0.15, 0.2) is 0 Å². The largest absolute Gasteiger partial charge is 0.423 e. The van der Waals surface area contributed by atoms with Gasteiger partial charge in [0.25, 0.3) is 0 Å². The van der Waals surface area contributed by atoms with Gasteiger partial charge >= 0.3 is 12.1 Å². The Bertz CT molecular complexity index is 1190. The van der Waals surface area contributed by atoms with E-state index in [1.165, 1.54) is 12.1 Å². The zero-order valence-electron chi connectivity index (χ0n) is 16.7. The van der Waals surface area contributed by atoms with Crippen molar-refractivity contribution in [1.29, 1.82) is 0 Å². The van der Waals surface area contributed by atoms with Crippen LogP contribution in [0.2, 0.25) is 0 Å². The molecule has 0 radical (unpaired) electrons. The van der Waals surface area contributed by atoms with Gasteiger partial charge in [-0.15, -0.1) is 0 Å². The van der Waals surface area contributed by atoms with Crippen LogP contribution in [0.25, 0.3) is 11.1 Å². The molecular formula is C24H19F3N2O3. The van der Waals surface area contributed by atoms with Gasteiger partial charge in [0.1, 0.15) is 5.75 Å². The summed E-state index contributed by atoms with van der Waals surface area (Å²) < 4.78 is 44.1. The van der Waals surface area contributed by atoms with E-state index in [2.05, 4.69) is 0 Å². The number of benzene rings is 3. The molecule has 0 saturated carbocycles. The minimum Gasteiger partial charge on any atom is -0.423 e. The summed E-state index contributed by atoms with van der Waals surface area (Å²) in [4.78, 5) is 24.5. The molecule has 0 fully saturated rings. The van der Waals surface area contributed by atoms with Gasteiger partial charge in [-0.25, -0.2) is 4.79 Å². The lowest BCUT2D eigenvalue weighted by Crippen LogP contribution is -2.34. The minimum atomic E-state index is -4.44. The molecule has 2 unspecified atom stereocenters. The van der Waals surface area contributed by atoms with Gasteiger partial charge in [-0.1, -0.05) is 36.4 Å². The second-order valence-corrected chi connectivity index (χ2v) is 7.62. The number of alkyl halides is 3. The lowest BCUT2D eigenvalue weighted by Gasteiger charge is -2.13. The zero-order valence-corrected chi connectivity index (χ0v) is 16.7. The first kappa shape index (κ1) is 21.6. The fourth-order valence-electron chi connectivity index (χ4n) is 4.01. The quantitative estimate of drug-likeness (QED) is 0.473. The summed E-state index contributed by atoms with van der Waals surface area (Å²) in [6.07, 6.45) is -4.02. The predicted molar refractivity (Wildman–Crippen MR) is 112 cm³/mol. The minimum absolute atomic E-state index is 0.208. The van der Waals surface area contributed by atoms with Crippen LogP contribution in [-0.4, -0.2) is 17.9 Å². The molecule has 0 saturated heterocycles. The maximum atomic E-state index is 12.9. The van der Waals surface area contributed by atoms with Crippen LogP contribution in [0.5, 0.6) is 5.75 Å². The topological polar surface area (TPSA) is 95.4 Å². The van der Waals surface area contributed by atoms with Gasteiger partial charge in [-0.05, 0) is 59.0 Å². The molecule has 0 heterocycles. The van der Waals surface area contributed by atoms with Crippen LogP contribution in [0, 0.1) is 0 Å². The SMILES string of the molecule is NC(=O)C1c2ccc(OC(=O)c3ccccc3-c3ccc(C(F)(F)F)cc3)cc2CC1N. The van der Waals surface area contributed by atoms with Crippen molar-refractivity contribution in [1.82, 2.24) is 0 Å². The van der Waals surface area contributed by atoms with Gasteiger partial charge in [-0.2, -0.15) is 13.2 Å². The zero-order chi connectivity index (χ0) is 23.0. The number of fused-ring (bicyclic) bond motifs is 1. The third kappa shape index (κ3) is 4.09. The van der Waals surface area contributed by atoms with Crippen LogP contribution in [0.15, 0.2) is 66.7 Å². The lowest BCUT2D eigenvalue weighted by atomic mass is 9.98. The fraction of sp³-hybridized carbons (Fsp3) is 0.167. The summed E-state index contributed by atoms with van der Waals surface area (Å²) in [6, 6.07) is 15.5. The number of hydrogen-bond acceptors (Lipinski definition) is 4. The smallest absolute Gasteiger partial charge is 0.416 e. The number of nitrogens with two attached hydrogens (primary N) is 2. The van der Waals surface area contributed by atoms with Crippen LogP contribution in [0.1, 0.15) is 33.0 Å². The summed E-state index contributed by atoms with van der Waals surface area (Å²) in [5.41, 5.74) is 13.3. The van der Waals surface area contributed by atoms with Crippen molar-refractivity contribution < 1.29 is 27.5 Å². The maximum absolute atomic E-state index is 12.9. The van der Waals surface area contributed by atoms with Crippen LogP contribution in [-0.2, 0) is 17.4 Å².